The summed E-state index contributed by atoms with van der Waals surface area (Å²) in [5.41, 5.74) is 0. The largest absolute Gasteiger partial charge is 0.368 e. The van der Waals surface area contributed by atoms with Crippen molar-refractivity contribution >= 4 is 5.82 Å². The molecule has 0 unspecified atom stereocenters. The summed E-state index contributed by atoms with van der Waals surface area (Å²) in [5, 5.41) is 2.69. The number of hydrogen-bond donors (Lipinski definition) is 1. The molecule has 5 heteroatoms. The monoisotopic (exact) mass is 274 g/mol. The summed E-state index contributed by atoms with van der Waals surface area (Å²) in [7, 11) is 0. The Balaban J connectivity index is 2.21. The number of anilines is 1. The Bertz CT molecular complexity index is 395. The van der Waals surface area contributed by atoms with Crippen molar-refractivity contribution < 1.29 is 13.2 Å². The van der Waals surface area contributed by atoms with Crippen LogP contribution in [0.15, 0.2) is 6.07 Å². The Morgan fingerprint density at radius 3 is 2.42 bits per heavy atom. The second-order valence-electron chi connectivity index (χ2n) is 5.11. The third-order valence-electron chi connectivity index (χ3n) is 2.89. The van der Waals surface area contributed by atoms with E-state index in [2.05, 4.69) is 24.1 Å². The van der Waals surface area contributed by atoms with Crippen LogP contribution in [0.25, 0.3) is 0 Å². The van der Waals surface area contributed by atoms with Crippen LogP contribution in [-0.2, 0) is 0 Å². The molecule has 0 saturated heterocycles. The smallest absolute Gasteiger partial charge is 0.251 e. The molecule has 1 heterocycles. The highest BCUT2D eigenvalue weighted by atomic mass is 19.2. The third kappa shape index (κ3) is 5.94. The van der Waals surface area contributed by atoms with Gasteiger partial charge in [0, 0.05) is 12.6 Å². The molecule has 0 bridgehead atoms. The van der Waals surface area contributed by atoms with Crippen LogP contribution in [-0.4, -0.2) is 11.5 Å². The quantitative estimate of drug-likeness (QED) is 0.557. The first-order valence-electron chi connectivity index (χ1n) is 6.76. The van der Waals surface area contributed by atoms with Gasteiger partial charge in [-0.05, 0) is 12.3 Å². The maximum atomic E-state index is 13.2. The number of aromatic nitrogens is 1. The number of pyridine rings is 1. The van der Waals surface area contributed by atoms with E-state index in [4.69, 9.17) is 0 Å². The Labute approximate surface area is 112 Å². The zero-order chi connectivity index (χ0) is 14.3. The molecule has 0 spiro atoms. The molecule has 1 N–H and O–H groups in total. The van der Waals surface area contributed by atoms with Crippen LogP contribution in [0.5, 0.6) is 0 Å². The van der Waals surface area contributed by atoms with Crippen LogP contribution in [0, 0.1) is 23.5 Å². The first-order valence-corrected chi connectivity index (χ1v) is 6.76. The first kappa shape index (κ1) is 15.8. The van der Waals surface area contributed by atoms with Gasteiger partial charge in [0.2, 0.25) is 0 Å². The fraction of sp³-hybridized carbons (Fsp3) is 0.643. The minimum atomic E-state index is -1.28. The summed E-state index contributed by atoms with van der Waals surface area (Å²) >= 11 is 0. The van der Waals surface area contributed by atoms with Gasteiger partial charge in [-0.2, -0.15) is 9.37 Å². The van der Waals surface area contributed by atoms with Crippen LogP contribution < -0.4 is 5.32 Å². The second-order valence-corrected chi connectivity index (χ2v) is 5.11. The Morgan fingerprint density at radius 1 is 1.05 bits per heavy atom. The average molecular weight is 274 g/mol. The van der Waals surface area contributed by atoms with Crippen molar-refractivity contribution in [1.29, 1.82) is 0 Å². The summed E-state index contributed by atoms with van der Waals surface area (Å²) in [6.07, 6.45) is 5.43. The minimum Gasteiger partial charge on any atom is -0.368 e. The van der Waals surface area contributed by atoms with Gasteiger partial charge in [0.1, 0.15) is 0 Å². The van der Waals surface area contributed by atoms with Gasteiger partial charge in [-0.25, -0.2) is 8.78 Å². The number of halogens is 3. The lowest BCUT2D eigenvalue weighted by Crippen LogP contribution is -2.07. The van der Waals surface area contributed by atoms with E-state index in [0.29, 0.717) is 12.6 Å². The molecule has 1 aromatic rings. The SMILES string of the molecule is CC(C)CCCCCCNc1nc(F)c(F)cc1F. The summed E-state index contributed by atoms with van der Waals surface area (Å²) in [5.74, 6) is -2.91. The molecule has 0 aromatic carbocycles. The number of nitrogens with zero attached hydrogens (tertiary/aromatic N) is 1. The predicted octanol–water partition coefficient (Wildman–Crippen LogP) is 4.52. The van der Waals surface area contributed by atoms with Gasteiger partial charge in [0.15, 0.2) is 17.5 Å². The Hall–Kier alpha value is -1.26. The van der Waals surface area contributed by atoms with Crippen molar-refractivity contribution in [3.8, 4) is 0 Å². The van der Waals surface area contributed by atoms with Gasteiger partial charge < -0.3 is 5.32 Å². The molecule has 108 valence electrons. The van der Waals surface area contributed by atoms with Crippen LogP contribution in [0.4, 0.5) is 19.0 Å². The van der Waals surface area contributed by atoms with Gasteiger partial charge in [-0.3, -0.25) is 0 Å². The Kier molecular flexibility index (Phi) is 6.67. The zero-order valence-electron chi connectivity index (χ0n) is 11.5. The molecule has 0 radical (unpaired) electrons. The highest BCUT2D eigenvalue weighted by molar-refractivity contribution is 5.35. The molecule has 0 amide bonds. The van der Waals surface area contributed by atoms with E-state index >= 15 is 0 Å². The summed E-state index contributed by atoms with van der Waals surface area (Å²) in [6.45, 7) is 4.90. The van der Waals surface area contributed by atoms with E-state index in [9.17, 15) is 13.2 Å². The number of hydrogen-bond acceptors (Lipinski definition) is 2. The molecule has 2 nitrogen and oxygen atoms in total. The highest BCUT2D eigenvalue weighted by Gasteiger charge is 2.10. The van der Waals surface area contributed by atoms with E-state index in [1.165, 1.54) is 12.8 Å². The lowest BCUT2D eigenvalue weighted by Gasteiger charge is -2.07. The lowest BCUT2D eigenvalue weighted by atomic mass is 10.0. The zero-order valence-corrected chi connectivity index (χ0v) is 11.5. The standard InChI is InChI=1S/C14H21F3N2/c1-10(2)7-5-3-4-6-8-18-14-12(16)9-11(15)13(17)19-14/h9-10H,3-8H2,1-2H3,(H,18,19). The molecule has 0 atom stereocenters. The highest BCUT2D eigenvalue weighted by Crippen LogP contribution is 2.15. The molecule has 0 fully saturated rings. The fourth-order valence-corrected chi connectivity index (χ4v) is 1.81. The molecule has 0 aliphatic carbocycles. The van der Waals surface area contributed by atoms with Gasteiger partial charge in [0.25, 0.3) is 5.95 Å². The third-order valence-corrected chi connectivity index (χ3v) is 2.89. The first-order chi connectivity index (χ1) is 9.00. The van der Waals surface area contributed by atoms with Crippen LogP contribution >= 0.6 is 0 Å². The van der Waals surface area contributed by atoms with Crippen molar-refractivity contribution in [3.05, 3.63) is 23.6 Å². The van der Waals surface area contributed by atoms with Gasteiger partial charge in [-0.15, -0.1) is 0 Å². The van der Waals surface area contributed by atoms with Gasteiger partial charge in [-0.1, -0.05) is 39.5 Å². The van der Waals surface area contributed by atoms with E-state index < -0.39 is 17.6 Å². The van der Waals surface area contributed by atoms with Gasteiger partial charge in [0.05, 0.1) is 0 Å². The fourth-order valence-electron chi connectivity index (χ4n) is 1.81. The average Bonchev–Trinajstić information content (AvgIpc) is 2.33. The molecule has 1 aromatic heterocycles. The molecule has 0 aliphatic heterocycles. The normalized spacial score (nSPS) is 11.1. The summed E-state index contributed by atoms with van der Waals surface area (Å²) in [6, 6.07) is 0.507. The van der Waals surface area contributed by atoms with Crippen LogP contribution in [0.1, 0.15) is 46.0 Å². The van der Waals surface area contributed by atoms with E-state index in [1.54, 1.807) is 0 Å². The maximum Gasteiger partial charge on any atom is 0.251 e. The maximum absolute atomic E-state index is 13.2. The molecule has 0 aliphatic rings. The lowest BCUT2D eigenvalue weighted by molar-refractivity contribution is 0.466. The number of rotatable bonds is 8. The molecular weight excluding hydrogens is 253 g/mol. The minimum absolute atomic E-state index is 0.221. The van der Waals surface area contributed by atoms with E-state index in [1.807, 2.05) is 0 Å². The summed E-state index contributed by atoms with van der Waals surface area (Å²) < 4.78 is 38.7. The van der Waals surface area contributed by atoms with E-state index in [-0.39, 0.29) is 5.82 Å². The predicted molar refractivity (Wildman–Crippen MR) is 70.5 cm³/mol. The molecule has 19 heavy (non-hydrogen) atoms. The molecular formula is C14H21F3N2. The molecule has 1 rings (SSSR count). The van der Waals surface area contributed by atoms with Crippen LogP contribution in [0.3, 0.4) is 0 Å². The number of nitrogens with one attached hydrogen (secondary N) is 1. The summed E-state index contributed by atoms with van der Waals surface area (Å²) in [4.78, 5) is 3.20. The molecule has 0 saturated carbocycles. The van der Waals surface area contributed by atoms with Gasteiger partial charge >= 0.3 is 0 Å². The van der Waals surface area contributed by atoms with E-state index in [0.717, 1.165) is 25.2 Å². The van der Waals surface area contributed by atoms with Crippen molar-refractivity contribution in [3.63, 3.8) is 0 Å². The van der Waals surface area contributed by atoms with Crippen molar-refractivity contribution in [2.45, 2.75) is 46.0 Å². The van der Waals surface area contributed by atoms with Crippen molar-refractivity contribution in [2.24, 2.45) is 5.92 Å². The van der Waals surface area contributed by atoms with Crippen LogP contribution in [0.2, 0.25) is 0 Å². The second kappa shape index (κ2) is 8.02. The Morgan fingerprint density at radius 2 is 1.74 bits per heavy atom. The van der Waals surface area contributed by atoms with Crippen molar-refractivity contribution in [2.75, 3.05) is 11.9 Å². The van der Waals surface area contributed by atoms with Crippen molar-refractivity contribution in [1.82, 2.24) is 4.98 Å². The number of unbranched alkanes of at least 4 members (excludes halogenated alkanes) is 3. The topological polar surface area (TPSA) is 24.9 Å².